The smallest absolute Gasteiger partial charge is 0.342 e. The van der Waals surface area contributed by atoms with Gasteiger partial charge in [0.05, 0.1) is 19.1 Å². The first-order valence-corrected chi connectivity index (χ1v) is 7.79. The van der Waals surface area contributed by atoms with Crippen LogP contribution in [0.4, 0.5) is 11.4 Å². The number of esters is 1. The van der Waals surface area contributed by atoms with E-state index < -0.39 is 23.4 Å². The molecule has 142 valence electrons. The number of amides is 1. The summed E-state index contributed by atoms with van der Waals surface area (Å²) in [6.45, 7) is 1.08. The highest BCUT2D eigenvalue weighted by molar-refractivity contribution is 5.97. The standard InChI is InChI=1S/C18H18N2O7/c1-11-4-7-14(15(8-11)20(23)24)19-17(21)10-27-18(22)13-6-5-12(25-2)9-16(13)26-3/h4-9H,10H2,1-3H3,(H,19,21). The van der Waals surface area contributed by atoms with Crippen LogP contribution in [0.1, 0.15) is 15.9 Å². The van der Waals surface area contributed by atoms with E-state index >= 15 is 0 Å². The molecule has 0 aliphatic carbocycles. The molecule has 27 heavy (non-hydrogen) atoms. The van der Waals surface area contributed by atoms with E-state index in [1.54, 1.807) is 19.1 Å². The zero-order valence-corrected chi connectivity index (χ0v) is 15.0. The number of hydrogen-bond acceptors (Lipinski definition) is 7. The lowest BCUT2D eigenvalue weighted by Gasteiger charge is -2.10. The number of aryl methyl sites for hydroxylation is 1. The molecule has 1 amide bonds. The first-order valence-electron chi connectivity index (χ1n) is 7.79. The van der Waals surface area contributed by atoms with E-state index in [9.17, 15) is 19.7 Å². The molecule has 0 heterocycles. The molecule has 0 radical (unpaired) electrons. The molecule has 1 N–H and O–H groups in total. The van der Waals surface area contributed by atoms with E-state index in [4.69, 9.17) is 14.2 Å². The van der Waals surface area contributed by atoms with Crippen molar-refractivity contribution >= 4 is 23.3 Å². The number of rotatable bonds is 7. The SMILES string of the molecule is COc1ccc(C(=O)OCC(=O)Nc2ccc(C)cc2[N+](=O)[O-])c(OC)c1. The first-order chi connectivity index (χ1) is 12.8. The number of carbonyl (C=O) groups excluding carboxylic acids is 2. The summed E-state index contributed by atoms with van der Waals surface area (Å²) in [6.07, 6.45) is 0. The van der Waals surface area contributed by atoms with E-state index in [-0.39, 0.29) is 22.7 Å². The van der Waals surface area contributed by atoms with Crippen LogP contribution in [0.25, 0.3) is 0 Å². The van der Waals surface area contributed by atoms with Crippen molar-refractivity contribution < 1.29 is 28.7 Å². The van der Waals surface area contributed by atoms with Gasteiger partial charge in [0.2, 0.25) is 0 Å². The highest BCUT2D eigenvalue weighted by Crippen LogP contribution is 2.26. The highest BCUT2D eigenvalue weighted by Gasteiger charge is 2.19. The van der Waals surface area contributed by atoms with E-state index in [1.807, 2.05) is 0 Å². The molecule has 0 fully saturated rings. The normalized spacial score (nSPS) is 10.0. The Bertz CT molecular complexity index is 880. The van der Waals surface area contributed by atoms with Gasteiger partial charge in [-0.3, -0.25) is 14.9 Å². The molecule has 0 bridgehead atoms. The topological polar surface area (TPSA) is 117 Å². The summed E-state index contributed by atoms with van der Waals surface area (Å²) in [4.78, 5) is 34.6. The van der Waals surface area contributed by atoms with Crippen LogP contribution in [0.15, 0.2) is 36.4 Å². The third kappa shape index (κ3) is 4.94. The molecule has 0 spiro atoms. The predicted octanol–water partition coefficient (Wildman–Crippen LogP) is 2.72. The van der Waals surface area contributed by atoms with Gasteiger partial charge in [0.15, 0.2) is 6.61 Å². The van der Waals surface area contributed by atoms with Crippen LogP contribution >= 0.6 is 0 Å². The van der Waals surface area contributed by atoms with E-state index in [2.05, 4.69) is 5.32 Å². The fourth-order valence-electron chi connectivity index (χ4n) is 2.26. The number of benzene rings is 2. The number of methoxy groups -OCH3 is 2. The minimum Gasteiger partial charge on any atom is -0.497 e. The van der Waals surface area contributed by atoms with Crippen molar-refractivity contribution in [3.63, 3.8) is 0 Å². The van der Waals surface area contributed by atoms with Crippen molar-refractivity contribution in [1.29, 1.82) is 0 Å². The number of anilines is 1. The minimum atomic E-state index is -0.775. The molecule has 0 aliphatic rings. The van der Waals surface area contributed by atoms with Crippen molar-refractivity contribution in [3.05, 3.63) is 57.6 Å². The monoisotopic (exact) mass is 374 g/mol. The maximum atomic E-state index is 12.2. The predicted molar refractivity (Wildman–Crippen MR) is 96.3 cm³/mol. The second kappa shape index (κ2) is 8.65. The number of ether oxygens (including phenoxy) is 3. The first kappa shape index (κ1) is 19.7. The summed E-state index contributed by atoms with van der Waals surface area (Å²) in [5.41, 5.74) is 0.574. The second-order valence-corrected chi connectivity index (χ2v) is 5.47. The highest BCUT2D eigenvalue weighted by atomic mass is 16.6. The lowest BCUT2D eigenvalue weighted by atomic mass is 10.2. The molecule has 2 rings (SSSR count). The van der Waals surface area contributed by atoms with Gasteiger partial charge in [0.1, 0.15) is 22.7 Å². The number of hydrogen-bond donors (Lipinski definition) is 1. The number of nitro groups is 1. The Morgan fingerprint density at radius 3 is 2.48 bits per heavy atom. The maximum absolute atomic E-state index is 12.2. The Morgan fingerprint density at radius 1 is 1.11 bits per heavy atom. The van der Waals surface area contributed by atoms with Crippen molar-refractivity contribution in [2.45, 2.75) is 6.92 Å². The van der Waals surface area contributed by atoms with Crippen molar-refractivity contribution in [2.75, 3.05) is 26.1 Å². The summed E-state index contributed by atoms with van der Waals surface area (Å²) in [6, 6.07) is 8.88. The van der Waals surface area contributed by atoms with E-state index in [0.29, 0.717) is 11.3 Å². The summed E-state index contributed by atoms with van der Waals surface area (Å²) >= 11 is 0. The van der Waals surface area contributed by atoms with E-state index in [1.165, 1.54) is 38.5 Å². The number of nitrogens with zero attached hydrogens (tertiary/aromatic N) is 1. The molecular weight excluding hydrogens is 356 g/mol. The third-order valence-corrected chi connectivity index (χ3v) is 3.59. The van der Waals surface area contributed by atoms with Crippen LogP contribution in [0.3, 0.4) is 0 Å². The van der Waals surface area contributed by atoms with Crippen molar-refractivity contribution in [3.8, 4) is 11.5 Å². The Morgan fingerprint density at radius 2 is 1.85 bits per heavy atom. The average Bonchev–Trinajstić information content (AvgIpc) is 2.66. The molecule has 0 saturated carbocycles. The zero-order valence-electron chi connectivity index (χ0n) is 15.0. The number of carbonyl (C=O) groups is 2. The van der Waals surface area contributed by atoms with Crippen LogP contribution in [-0.2, 0) is 9.53 Å². The molecule has 9 heteroatoms. The van der Waals surface area contributed by atoms with Gasteiger partial charge in [-0.15, -0.1) is 0 Å². The summed E-state index contributed by atoms with van der Waals surface area (Å²) in [5.74, 6) is -0.757. The zero-order chi connectivity index (χ0) is 20.0. The van der Waals surface area contributed by atoms with Gasteiger partial charge in [-0.25, -0.2) is 4.79 Å². The van der Waals surface area contributed by atoms with Gasteiger partial charge in [0.25, 0.3) is 11.6 Å². The largest absolute Gasteiger partial charge is 0.497 e. The lowest BCUT2D eigenvalue weighted by Crippen LogP contribution is -2.21. The molecule has 0 saturated heterocycles. The Hall–Kier alpha value is -3.62. The molecule has 9 nitrogen and oxygen atoms in total. The average molecular weight is 374 g/mol. The van der Waals surface area contributed by atoms with Crippen LogP contribution in [-0.4, -0.2) is 37.6 Å². The lowest BCUT2D eigenvalue weighted by molar-refractivity contribution is -0.384. The van der Waals surface area contributed by atoms with Gasteiger partial charge in [-0.1, -0.05) is 6.07 Å². The third-order valence-electron chi connectivity index (χ3n) is 3.59. The van der Waals surface area contributed by atoms with Crippen LogP contribution in [0, 0.1) is 17.0 Å². The van der Waals surface area contributed by atoms with Gasteiger partial charge in [-0.2, -0.15) is 0 Å². The Balaban J connectivity index is 2.04. The molecule has 0 aliphatic heterocycles. The van der Waals surface area contributed by atoms with Gasteiger partial charge in [0, 0.05) is 12.1 Å². The fourth-order valence-corrected chi connectivity index (χ4v) is 2.26. The van der Waals surface area contributed by atoms with Crippen LogP contribution in [0.2, 0.25) is 0 Å². The molecule has 0 aromatic heterocycles. The van der Waals surface area contributed by atoms with E-state index in [0.717, 1.165) is 0 Å². The minimum absolute atomic E-state index is 0.0219. The quantitative estimate of drug-likeness (QED) is 0.450. The van der Waals surface area contributed by atoms with Gasteiger partial charge in [-0.05, 0) is 30.7 Å². The molecule has 0 atom stereocenters. The summed E-state index contributed by atoms with van der Waals surface area (Å²) in [5, 5.41) is 13.4. The van der Waals surface area contributed by atoms with Crippen LogP contribution < -0.4 is 14.8 Å². The number of nitrogens with one attached hydrogen (secondary N) is 1. The number of nitro benzene ring substituents is 1. The summed E-state index contributed by atoms with van der Waals surface area (Å²) in [7, 11) is 2.86. The van der Waals surface area contributed by atoms with Crippen molar-refractivity contribution in [2.24, 2.45) is 0 Å². The van der Waals surface area contributed by atoms with Crippen LogP contribution in [0.5, 0.6) is 11.5 Å². The summed E-state index contributed by atoms with van der Waals surface area (Å²) < 4.78 is 15.1. The Labute approximate surface area is 155 Å². The van der Waals surface area contributed by atoms with Gasteiger partial charge < -0.3 is 19.5 Å². The fraction of sp³-hybridized carbons (Fsp3) is 0.222. The molecular formula is C18H18N2O7. The molecule has 0 unspecified atom stereocenters. The molecule has 2 aromatic rings. The Kier molecular flexibility index (Phi) is 6.32. The molecule has 2 aromatic carbocycles. The van der Waals surface area contributed by atoms with Crippen molar-refractivity contribution in [1.82, 2.24) is 0 Å². The maximum Gasteiger partial charge on any atom is 0.342 e. The van der Waals surface area contributed by atoms with Gasteiger partial charge >= 0.3 is 5.97 Å². The second-order valence-electron chi connectivity index (χ2n) is 5.47.